The van der Waals surface area contributed by atoms with Gasteiger partial charge in [0.15, 0.2) is 0 Å². The Bertz CT molecular complexity index is 1100. The molecule has 4 heterocycles. The van der Waals surface area contributed by atoms with E-state index in [4.69, 9.17) is 0 Å². The Kier molecular flexibility index (Phi) is 3.65. The maximum absolute atomic E-state index is 10.1. The van der Waals surface area contributed by atoms with Crippen LogP contribution >= 0.6 is 0 Å². The molecule has 0 spiro atoms. The van der Waals surface area contributed by atoms with E-state index >= 15 is 0 Å². The molecule has 1 aliphatic rings. The summed E-state index contributed by atoms with van der Waals surface area (Å²) < 4.78 is 3.87. The quantitative estimate of drug-likeness (QED) is 0.585. The van der Waals surface area contributed by atoms with E-state index in [1.165, 1.54) is 0 Å². The van der Waals surface area contributed by atoms with E-state index in [1.54, 1.807) is 6.20 Å². The van der Waals surface area contributed by atoms with Gasteiger partial charge < -0.3 is 14.8 Å². The van der Waals surface area contributed by atoms with Crippen LogP contribution in [0.4, 0.5) is 5.95 Å². The number of nitrogens with one attached hydrogen (secondary N) is 1. The van der Waals surface area contributed by atoms with Gasteiger partial charge in [-0.25, -0.2) is 14.5 Å². The molecule has 0 atom stereocenters. The molecule has 0 radical (unpaired) electrons. The SMILES string of the molecule is CC1(O)CCC(Nc2ncc3c(-c4ccc5nccn5c4)ccn3n2)CC1. The normalized spacial score (nSPS) is 23.1. The molecule has 27 heavy (non-hydrogen) atoms. The van der Waals surface area contributed by atoms with Gasteiger partial charge in [-0.15, -0.1) is 5.10 Å². The molecule has 0 aliphatic heterocycles. The molecular formula is C20H22N6O. The lowest BCUT2D eigenvalue weighted by atomic mass is 9.84. The molecule has 7 heteroatoms. The fourth-order valence-electron chi connectivity index (χ4n) is 3.86. The first-order valence-electron chi connectivity index (χ1n) is 9.34. The van der Waals surface area contributed by atoms with Crippen LogP contribution in [0.15, 0.2) is 49.2 Å². The van der Waals surface area contributed by atoms with Gasteiger partial charge in [0.25, 0.3) is 0 Å². The van der Waals surface area contributed by atoms with Gasteiger partial charge in [-0.05, 0) is 50.8 Å². The van der Waals surface area contributed by atoms with Crippen LogP contribution in [0, 0.1) is 0 Å². The largest absolute Gasteiger partial charge is 0.390 e. The molecule has 1 fully saturated rings. The summed E-state index contributed by atoms with van der Waals surface area (Å²) in [6, 6.07) is 6.44. The maximum atomic E-state index is 10.1. The lowest BCUT2D eigenvalue weighted by Crippen LogP contribution is -2.36. The van der Waals surface area contributed by atoms with Crippen LogP contribution in [-0.2, 0) is 0 Å². The van der Waals surface area contributed by atoms with Gasteiger partial charge in [0.1, 0.15) is 5.65 Å². The first-order chi connectivity index (χ1) is 13.1. The predicted octanol–water partition coefficient (Wildman–Crippen LogP) is 3.15. The molecule has 0 saturated heterocycles. The average molecular weight is 362 g/mol. The van der Waals surface area contributed by atoms with E-state index in [-0.39, 0.29) is 0 Å². The number of aromatic nitrogens is 5. The van der Waals surface area contributed by atoms with Gasteiger partial charge in [0.2, 0.25) is 5.95 Å². The van der Waals surface area contributed by atoms with Crippen molar-refractivity contribution in [3.8, 4) is 11.1 Å². The fourth-order valence-corrected chi connectivity index (χ4v) is 3.86. The highest BCUT2D eigenvalue weighted by Crippen LogP contribution is 2.29. The average Bonchev–Trinajstić information content (AvgIpc) is 3.29. The van der Waals surface area contributed by atoms with Gasteiger partial charge in [0, 0.05) is 42.0 Å². The first-order valence-corrected chi connectivity index (χ1v) is 9.34. The molecule has 5 rings (SSSR count). The number of nitrogens with zero attached hydrogens (tertiary/aromatic N) is 5. The minimum atomic E-state index is -0.533. The summed E-state index contributed by atoms with van der Waals surface area (Å²) in [4.78, 5) is 8.81. The maximum Gasteiger partial charge on any atom is 0.241 e. The molecule has 7 nitrogen and oxygen atoms in total. The van der Waals surface area contributed by atoms with Gasteiger partial charge in [-0.1, -0.05) is 0 Å². The van der Waals surface area contributed by atoms with Crippen LogP contribution in [0.2, 0.25) is 0 Å². The molecule has 1 saturated carbocycles. The van der Waals surface area contributed by atoms with Gasteiger partial charge >= 0.3 is 0 Å². The molecule has 0 bridgehead atoms. The first kappa shape index (κ1) is 16.3. The summed E-state index contributed by atoms with van der Waals surface area (Å²) in [6.07, 6.45) is 13.1. The predicted molar refractivity (Wildman–Crippen MR) is 104 cm³/mol. The lowest BCUT2D eigenvalue weighted by Gasteiger charge is -2.33. The molecule has 138 valence electrons. The van der Waals surface area contributed by atoms with Gasteiger partial charge in [0.05, 0.1) is 17.3 Å². The smallest absolute Gasteiger partial charge is 0.241 e. The number of hydrogen-bond acceptors (Lipinski definition) is 5. The van der Waals surface area contributed by atoms with Crippen LogP contribution in [0.5, 0.6) is 0 Å². The van der Waals surface area contributed by atoms with Crippen molar-refractivity contribution in [3.05, 3.63) is 49.2 Å². The summed E-state index contributed by atoms with van der Waals surface area (Å²) in [5.41, 5.74) is 3.55. The Hall–Kier alpha value is -2.93. The van der Waals surface area contributed by atoms with E-state index < -0.39 is 5.60 Å². The highest BCUT2D eigenvalue weighted by atomic mass is 16.3. The number of pyridine rings is 1. The molecular weight excluding hydrogens is 340 g/mol. The van der Waals surface area contributed by atoms with Crippen molar-refractivity contribution in [2.45, 2.75) is 44.2 Å². The highest BCUT2D eigenvalue weighted by molar-refractivity contribution is 5.80. The third-order valence-corrected chi connectivity index (χ3v) is 5.51. The summed E-state index contributed by atoms with van der Waals surface area (Å²) in [6.45, 7) is 1.91. The summed E-state index contributed by atoms with van der Waals surface area (Å²) in [5, 5.41) is 18.1. The van der Waals surface area contributed by atoms with Crippen LogP contribution < -0.4 is 5.32 Å². The molecule has 0 amide bonds. The van der Waals surface area contributed by atoms with Crippen molar-refractivity contribution >= 4 is 17.1 Å². The Morgan fingerprint density at radius 1 is 1.15 bits per heavy atom. The van der Waals surface area contributed by atoms with Crippen LogP contribution in [0.3, 0.4) is 0 Å². The van der Waals surface area contributed by atoms with E-state index in [0.29, 0.717) is 12.0 Å². The molecule has 4 aromatic heterocycles. The summed E-state index contributed by atoms with van der Waals surface area (Å²) in [7, 11) is 0. The van der Waals surface area contributed by atoms with Crippen LogP contribution in [0.25, 0.3) is 22.3 Å². The summed E-state index contributed by atoms with van der Waals surface area (Å²) in [5.74, 6) is 0.626. The number of hydrogen-bond donors (Lipinski definition) is 2. The van der Waals surface area contributed by atoms with Crippen molar-refractivity contribution in [3.63, 3.8) is 0 Å². The van der Waals surface area contributed by atoms with Crippen molar-refractivity contribution in [1.29, 1.82) is 0 Å². The van der Waals surface area contributed by atoms with E-state index in [0.717, 1.165) is 48.0 Å². The Morgan fingerprint density at radius 2 is 2.00 bits per heavy atom. The third kappa shape index (κ3) is 3.04. The molecule has 4 aromatic rings. The van der Waals surface area contributed by atoms with Crippen molar-refractivity contribution in [1.82, 2.24) is 24.0 Å². The zero-order valence-electron chi connectivity index (χ0n) is 15.2. The topological polar surface area (TPSA) is 79.8 Å². The van der Waals surface area contributed by atoms with Crippen LogP contribution in [-0.4, -0.2) is 40.7 Å². The lowest BCUT2D eigenvalue weighted by molar-refractivity contribution is 0.0195. The number of anilines is 1. The summed E-state index contributed by atoms with van der Waals surface area (Å²) >= 11 is 0. The Labute approximate surface area is 156 Å². The van der Waals surface area contributed by atoms with E-state index in [2.05, 4.69) is 38.7 Å². The number of rotatable bonds is 3. The Balaban J connectivity index is 1.41. The second-order valence-corrected chi connectivity index (χ2v) is 7.67. The molecule has 2 N–H and O–H groups in total. The molecule has 0 aromatic carbocycles. The molecule has 1 aliphatic carbocycles. The zero-order valence-corrected chi connectivity index (χ0v) is 15.2. The van der Waals surface area contributed by atoms with Gasteiger partial charge in [-0.2, -0.15) is 0 Å². The second kappa shape index (κ2) is 6.06. The minimum Gasteiger partial charge on any atom is -0.390 e. The minimum absolute atomic E-state index is 0.307. The number of imidazole rings is 1. The second-order valence-electron chi connectivity index (χ2n) is 7.67. The van der Waals surface area contributed by atoms with Crippen molar-refractivity contribution in [2.75, 3.05) is 5.32 Å². The monoisotopic (exact) mass is 362 g/mol. The number of aliphatic hydroxyl groups is 1. The standard InChI is InChI=1S/C20H22N6O/c1-20(27)7-4-15(5-8-20)23-19-22-12-17-16(6-10-26(17)24-19)14-2-3-18-21-9-11-25(18)13-14/h2-3,6,9-13,15,27H,4-5,7-8H2,1H3,(H,23,24). The van der Waals surface area contributed by atoms with Gasteiger partial charge in [-0.3, -0.25) is 0 Å². The van der Waals surface area contributed by atoms with Crippen molar-refractivity contribution in [2.24, 2.45) is 0 Å². The fraction of sp³-hybridized carbons (Fsp3) is 0.350. The van der Waals surface area contributed by atoms with Crippen LogP contribution in [0.1, 0.15) is 32.6 Å². The highest BCUT2D eigenvalue weighted by Gasteiger charge is 2.28. The Morgan fingerprint density at radius 3 is 2.85 bits per heavy atom. The zero-order chi connectivity index (χ0) is 18.4. The number of fused-ring (bicyclic) bond motifs is 2. The third-order valence-electron chi connectivity index (χ3n) is 5.51. The molecule has 0 unspecified atom stereocenters. The van der Waals surface area contributed by atoms with E-state index in [9.17, 15) is 5.11 Å². The van der Waals surface area contributed by atoms with Crippen molar-refractivity contribution < 1.29 is 5.11 Å². The van der Waals surface area contributed by atoms with E-state index in [1.807, 2.05) is 40.5 Å².